The number of nitrogens with zero attached hydrogens (tertiary/aromatic N) is 2. The first kappa shape index (κ1) is 22.3. The van der Waals surface area contributed by atoms with E-state index in [4.69, 9.17) is 4.74 Å². The van der Waals surface area contributed by atoms with Crippen molar-refractivity contribution in [2.45, 2.75) is 51.2 Å². The fourth-order valence-electron chi connectivity index (χ4n) is 4.24. The summed E-state index contributed by atoms with van der Waals surface area (Å²) in [4.78, 5) is 13.3. The van der Waals surface area contributed by atoms with E-state index in [1.54, 1.807) is 10.4 Å². The van der Waals surface area contributed by atoms with Crippen molar-refractivity contribution in [3.8, 4) is 0 Å². The Bertz CT molecular complexity index is 1010. The molecule has 1 aliphatic rings. The van der Waals surface area contributed by atoms with Gasteiger partial charge in [0.25, 0.3) is 6.47 Å². The Hall–Kier alpha value is -2.38. The van der Waals surface area contributed by atoms with Gasteiger partial charge >= 0.3 is 0 Å². The number of hydrogen-bond donors (Lipinski definition) is 0. The highest BCUT2D eigenvalue weighted by atomic mass is 32.2. The van der Waals surface area contributed by atoms with Crippen molar-refractivity contribution in [1.82, 2.24) is 4.31 Å². The molecular formula is C23H30N2O4S. The Morgan fingerprint density at radius 3 is 2.47 bits per heavy atom. The van der Waals surface area contributed by atoms with Gasteiger partial charge in [-0.3, -0.25) is 4.79 Å². The number of carbonyl (C=O) groups excluding carboxylic acids is 1. The minimum Gasteiger partial charge on any atom is -0.463 e. The monoisotopic (exact) mass is 430 g/mol. The maximum Gasteiger partial charge on any atom is 0.293 e. The van der Waals surface area contributed by atoms with E-state index in [-0.39, 0.29) is 12.6 Å². The predicted octanol–water partition coefficient (Wildman–Crippen LogP) is 3.57. The average Bonchev–Trinajstić information content (AvgIpc) is 2.73. The Kier molecular flexibility index (Phi) is 6.83. The lowest BCUT2D eigenvalue weighted by Crippen LogP contribution is -2.46. The van der Waals surface area contributed by atoms with Crippen LogP contribution in [-0.4, -0.2) is 45.4 Å². The zero-order valence-electron chi connectivity index (χ0n) is 18.1. The van der Waals surface area contributed by atoms with Gasteiger partial charge in [-0.15, -0.1) is 0 Å². The summed E-state index contributed by atoms with van der Waals surface area (Å²) in [5.74, 6) is 0. The smallest absolute Gasteiger partial charge is 0.293 e. The zero-order chi connectivity index (χ0) is 21.9. The van der Waals surface area contributed by atoms with E-state index in [2.05, 4.69) is 4.90 Å². The molecule has 0 bridgehead atoms. The molecule has 0 unspecified atom stereocenters. The van der Waals surface area contributed by atoms with Crippen LogP contribution in [-0.2, 0) is 26.2 Å². The van der Waals surface area contributed by atoms with Gasteiger partial charge in [0.05, 0.1) is 4.90 Å². The van der Waals surface area contributed by atoms with Crippen LogP contribution in [0.3, 0.4) is 0 Å². The van der Waals surface area contributed by atoms with E-state index >= 15 is 0 Å². The molecule has 1 saturated heterocycles. The molecule has 0 radical (unpaired) electrons. The molecule has 0 aliphatic carbocycles. The summed E-state index contributed by atoms with van der Waals surface area (Å²) in [6.45, 7) is 7.44. The van der Waals surface area contributed by atoms with Gasteiger partial charge in [0.2, 0.25) is 10.0 Å². The Morgan fingerprint density at radius 2 is 1.80 bits per heavy atom. The summed E-state index contributed by atoms with van der Waals surface area (Å²) in [5.41, 5.74) is 4.83. The van der Waals surface area contributed by atoms with Crippen molar-refractivity contribution in [2.24, 2.45) is 0 Å². The van der Waals surface area contributed by atoms with Gasteiger partial charge < -0.3 is 9.64 Å². The maximum atomic E-state index is 13.2. The van der Waals surface area contributed by atoms with E-state index in [0.29, 0.717) is 24.5 Å². The summed E-state index contributed by atoms with van der Waals surface area (Å²) in [7, 11) is -1.47. The summed E-state index contributed by atoms with van der Waals surface area (Å²) < 4.78 is 33.0. The first-order valence-corrected chi connectivity index (χ1v) is 11.6. The zero-order valence-corrected chi connectivity index (χ0v) is 18.9. The predicted molar refractivity (Wildman–Crippen MR) is 118 cm³/mol. The van der Waals surface area contributed by atoms with Crippen LogP contribution in [0.15, 0.2) is 41.3 Å². The Morgan fingerprint density at radius 1 is 1.10 bits per heavy atom. The van der Waals surface area contributed by atoms with Gasteiger partial charge in [-0.2, -0.15) is 4.31 Å². The third kappa shape index (κ3) is 4.52. The molecule has 6 nitrogen and oxygen atoms in total. The highest BCUT2D eigenvalue weighted by Crippen LogP contribution is 2.31. The lowest BCUT2D eigenvalue weighted by molar-refractivity contribution is -0.129. The van der Waals surface area contributed by atoms with Crippen molar-refractivity contribution in [1.29, 1.82) is 0 Å². The molecule has 0 amide bonds. The molecule has 162 valence electrons. The first-order valence-electron chi connectivity index (χ1n) is 10.2. The molecular weight excluding hydrogens is 400 g/mol. The summed E-state index contributed by atoms with van der Waals surface area (Å²) in [5, 5.41) is 0. The van der Waals surface area contributed by atoms with Gasteiger partial charge in [-0.05, 0) is 56.4 Å². The first-order chi connectivity index (χ1) is 14.3. The van der Waals surface area contributed by atoms with E-state index in [0.717, 1.165) is 40.8 Å². The largest absolute Gasteiger partial charge is 0.463 e. The molecule has 3 rings (SSSR count). The molecule has 2 aromatic carbocycles. The number of anilines is 1. The van der Waals surface area contributed by atoms with Crippen LogP contribution in [0.2, 0.25) is 0 Å². The topological polar surface area (TPSA) is 66.9 Å². The van der Waals surface area contributed by atoms with Gasteiger partial charge in [0, 0.05) is 37.4 Å². The third-order valence-corrected chi connectivity index (χ3v) is 7.95. The molecule has 0 saturated carbocycles. The second kappa shape index (κ2) is 9.18. The number of para-hydroxylation sites is 1. The number of benzene rings is 2. The lowest BCUT2D eigenvalue weighted by Gasteiger charge is -2.38. The molecule has 1 fully saturated rings. The second-order valence-electron chi connectivity index (χ2n) is 8.00. The number of piperidine rings is 1. The van der Waals surface area contributed by atoms with E-state index in [9.17, 15) is 13.2 Å². The minimum atomic E-state index is -3.50. The van der Waals surface area contributed by atoms with Gasteiger partial charge in [0.15, 0.2) is 0 Å². The number of sulfonamides is 1. The number of ether oxygens (including phenoxy) is 1. The summed E-state index contributed by atoms with van der Waals surface area (Å²) >= 11 is 0. The summed E-state index contributed by atoms with van der Waals surface area (Å²) in [6, 6.07) is 11.7. The second-order valence-corrected chi connectivity index (χ2v) is 9.91. The number of aryl methyl sites for hydroxylation is 3. The van der Waals surface area contributed by atoms with Crippen molar-refractivity contribution in [3.63, 3.8) is 0 Å². The highest BCUT2D eigenvalue weighted by Gasteiger charge is 2.32. The van der Waals surface area contributed by atoms with E-state index in [1.807, 2.05) is 58.2 Å². The lowest BCUT2D eigenvalue weighted by atomic mass is 10.0. The van der Waals surface area contributed by atoms with Crippen molar-refractivity contribution < 1.29 is 17.9 Å². The van der Waals surface area contributed by atoms with Crippen LogP contribution in [0, 0.1) is 20.8 Å². The van der Waals surface area contributed by atoms with Gasteiger partial charge in [-0.25, -0.2) is 8.42 Å². The molecule has 0 atom stereocenters. The normalized spacial score (nSPS) is 15.7. The standard InChI is InChI=1S/C23H30N2O4S/c1-17-8-9-18(2)22(14-17)30(27,28)25-12-10-21(11-13-25)24(4)23-19(3)6-5-7-20(23)15-29-16-26/h5-9,14,16,21H,10-13,15H2,1-4H3. The van der Waals surface area contributed by atoms with Crippen LogP contribution in [0.1, 0.15) is 35.1 Å². The minimum absolute atomic E-state index is 0.214. The van der Waals surface area contributed by atoms with Crippen LogP contribution in [0.5, 0.6) is 0 Å². The fraction of sp³-hybridized carbons (Fsp3) is 0.435. The molecule has 0 spiro atoms. The van der Waals surface area contributed by atoms with E-state index < -0.39 is 10.0 Å². The molecule has 1 aliphatic heterocycles. The molecule has 30 heavy (non-hydrogen) atoms. The van der Waals surface area contributed by atoms with Crippen LogP contribution in [0.4, 0.5) is 5.69 Å². The van der Waals surface area contributed by atoms with E-state index in [1.165, 1.54) is 0 Å². The summed E-state index contributed by atoms with van der Waals surface area (Å²) in [6.07, 6.45) is 1.48. The van der Waals surface area contributed by atoms with Crippen molar-refractivity contribution in [3.05, 3.63) is 58.7 Å². The van der Waals surface area contributed by atoms with Crippen molar-refractivity contribution in [2.75, 3.05) is 25.0 Å². The molecule has 7 heteroatoms. The Labute approximate surface area is 179 Å². The highest BCUT2D eigenvalue weighted by molar-refractivity contribution is 7.89. The molecule has 2 aromatic rings. The molecule has 0 aromatic heterocycles. The SMILES string of the molecule is Cc1ccc(C)c(S(=O)(=O)N2CCC(N(C)c3c(C)cccc3COC=O)CC2)c1. The third-order valence-electron chi connectivity index (χ3n) is 5.91. The van der Waals surface area contributed by atoms with Crippen LogP contribution >= 0.6 is 0 Å². The maximum absolute atomic E-state index is 13.2. The van der Waals surface area contributed by atoms with Gasteiger partial charge in [-0.1, -0.05) is 30.3 Å². The Balaban J connectivity index is 1.76. The van der Waals surface area contributed by atoms with Gasteiger partial charge in [0.1, 0.15) is 6.61 Å². The fourth-order valence-corrected chi connectivity index (χ4v) is 6.02. The van der Waals surface area contributed by atoms with Crippen molar-refractivity contribution >= 4 is 22.2 Å². The number of hydrogen-bond acceptors (Lipinski definition) is 5. The van der Waals surface area contributed by atoms with Crippen LogP contribution < -0.4 is 4.90 Å². The quantitative estimate of drug-likeness (QED) is 0.628. The number of carbonyl (C=O) groups is 1. The number of rotatable bonds is 7. The van der Waals surface area contributed by atoms with Crippen LogP contribution in [0.25, 0.3) is 0 Å². The molecule has 0 N–H and O–H groups in total. The molecule has 1 heterocycles. The average molecular weight is 431 g/mol.